The first kappa shape index (κ1) is 51.0. The lowest BCUT2D eigenvalue weighted by Crippen LogP contribution is -2.69. The van der Waals surface area contributed by atoms with Crippen molar-refractivity contribution in [2.45, 2.75) is 141 Å². The van der Waals surface area contributed by atoms with Crippen LogP contribution in [0.15, 0.2) is 71.9 Å². The molecule has 0 radical (unpaired) electrons. The zero-order chi connectivity index (χ0) is 46.6. The molecule has 5 rings (SSSR count). The van der Waals surface area contributed by atoms with Crippen LogP contribution in [0, 0.1) is 27.9 Å². The number of likely N-dealkylation sites (N-methyl/N-ethyl adjacent to an activating group) is 1. The molecule has 0 bridgehead atoms. The van der Waals surface area contributed by atoms with Gasteiger partial charge in [0.25, 0.3) is 5.69 Å². The maximum absolute atomic E-state index is 14.2. The van der Waals surface area contributed by atoms with Gasteiger partial charge in [-0.15, -0.1) is 6.58 Å². The topological polar surface area (TPSA) is 192 Å². The van der Waals surface area contributed by atoms with Crippen LogP contribution in [0.4, 0.5) is 15.3 Å². The number of benzene rings is 2. The molecular weight excluding hydrogens is 833 g/mol. The monoisotopic (exact) mass is 905 g/mol. The summed E-state index contributed by atoms with van der Waals surface area (Å²) in [5, 5.41) is 38.7. The Morgan fingerprint density at radius 1 is 0.923 bits per heavy atom. The molecule has 2 amide bonds. The highest BCUT2D eigenvalue weighted by atomic mass is 16.7. The fourth-order valence-electron chi connectivity index (χ4n) is 9.82. The average molecular weight is 905 g/mol. The number of nitrogens with one attached hydrogen (secondary N) is 1. The number of amides is 2. The predicted molar refractivity (Wildman–Crippen MR) is 249 cm³/mol. The number of non-ortho nitro benzene ring substituents is 1. The number of ether oxygens (including phenoxy) is 4. The van der Waals surface area contributed by atoms with Crippen molar-refractivity contribution in [1.29, 1.82) is 0 Å². The minimum absolute atomic E-state index is 0.0155. The molecule has 0 unspecified atom stereocenters. The molecule has 3 N–H and O–H groups in total. The van der Waals surface area contributed by atoms with E-state index in [1.807, 2.05) is 13.0 Å². The molecule has 0 saturated heterocycles. The van der Waals surface area contributed by atoms with E-state index in [0.29, 0.717) is 43.2 Å². The van der Waals surface area contributed by atoms with E-state index < -0.39 is 34.9 Å². The fraction of sp³-hybridized carbons (Fsp3) is 0.620. The SMILES string of the molecule is C=CCO[C@@]12Oc3ccc(OC(=O)NCCCCCCCCCCCC)cc3[C@H]3[C@H](CCCCO)[C@@H](CCCCO)C=C(C(=NOCC)C[C@@H]1N(C)C(=O)Oc1ccc([N+](=O)[O-])cc1)[C@H]32. The van der Waals surface area contributed by atoms with Crippen molar-refractivity contribution >= 4 is 23.6 Å². The van der Waals surface area contributed by atoms with Gasteiger partial charge < -0.3 is 44.2 Å². The number of oxime groups is 1. The lowest BCUT2D eigenvalue weighted by molar-refractivity contribution is -0.384. The number of carbonyl (C=O) groups excluding carboxylic acids is 2. The van der Waals surface area contributed by atoms with Crippen molar-refractivity contribution in [3.8, 4) is 17.2 Å². The van der Waals surface area contributed by atoms with Gasteiger partial charge in [0.05, 0.1) is 23.2 Å². The van der Waals surface area contributed by atoms with E-state index in [9.17, 15) is 29.9 Å². The van der Waals surface area contributed by atoms with Crippen LogP contribution < -0.4 is 19.5 Å². The second-order valence-electron chi connectivity index (χ2n) is 17.4. The van der Waals surface area contributed by atoms with Crippen molar-refractivity contribution in [1.82, 2.24) is 10.2 Å². The molecule has 1 fully saturated rings. The quantitative estimate of drug-likeness (QED) is 0.0319. The Balaban J connectivity index is 1.50. The number of fused-ring (bicyclic) bond motifs is 2. The van der Waals surface area contributed by atoms with Crippen LogP contribution in [0.25, 0.3) is 0 Å². The number of hydrogen-bond donors (Lipinski definition) is 3. The number of hydrogen-bond acceptors (Lipinski definition) is 12. The van der Waals surface area contributed by atoms with Crippen molar-refractivity contribution < 1.29 is 48.5 Å². The zero-order valence-corrected chi connectivity index (χ0v) is 38.8. The second kappa shape index (κ2) is 26.2. The maximum atomic E-state index is 14.2. The van der Waals surface area contributed by atoms with E-state index in [0.717, 1.165) is 56.1 Å². The Kier molecular flexibility index (Phi) is 20.6. The molecule has 65 heavy (non-hydrogen) atoms. The molecule has 3 aliphatic rings. The molecule has 0 spiro atoms. The number of nitrogens with zero attached hydrogens (tertiary/aromatic N) is 3. The standard InChI is InChI=1S/C50H72N4O11/c1-5-8-9-10-11-12-13-14-15-18-29-51-48(57)63-39-27-28-44-42(34-39)46-40(22-17-20-31-56)36(21-16-19-30-55)33-41-43(52-62-7-3)35-45(50(65-44,47(41)46)61-32-6-2)53(4)49(58)64-38-25-23-37(24-26-38)54(59)60/h6,23-28,33-34,36,40,45-47,55-56H,2,5,7-22,29-32,35H2,1,3-4H3,(H,51,57)/t36-,40+,45-,46+,47+,50+/m0/s1. The van der Waals surface area contributed by atoms with Crippen LogP contribution in [0.3, 0.4) is 0 Å². The highest BCUT2D eigenvalue weighted by molar-refractivity contribution is 6.03. The molecular formula is C50H72N4O11. The normalized spacial score (nSPS) is 22.4. The Bertz CT molecular complexity index is 1910. The molecule has 1 saturated carbocycles. The summed E-state index contributed by atoms with van der Waals surface area (Å²) < 4.78 is 25.8. The number of carbonyl (C=O) groups is 2. The van der Waals surface area contributed by atoms with E-state index in [4.69, 9.17) is 23.8 Å². The first-order chi connectivity index (χ1) is 31.6. The van der Waals surface area contributed by atoms with Gasteiger partial charge in [-0.05, 0) is 86.8 Å². The summed E-state index contributed by atoms with van der Waals surface area (Å²) in [4.78, 5) is 45.4. The average Bonchev–Trinajstić information content (AvgIpc) is 3.30. The van der Waals surface area contributed by atoms with Crippen molar-refractivity contribution in [3.63, 3.8) is 0 Å². The largest absolute Gasteiger partial charge is 0.459 e. The molecule has 1 heterocycles. The smallest absolute Gasteiger partial charge is 0.415 e. The lowest BCUT2D eigenvalue weighted by Gasteiger charge is -2.59. The number of aliphatic hydroxyl groups excluding tert-OH is 2. The number of nitro groups is 1. The van der Waals surface area contributed by atoms with Gasteiger partial charge in [0.15, 0.2) is 0 Å². The number of nitro benzene ring substituents is 1. The van der Waals surface area contributed by atoms with Gasteiger partial charge in [-0.3, -0.25) is 10.1 Å². The van der Waals surface area contributed by atoms with Gasteiger partial charge in [0.1, 0.15) is 29.9 Å². The minimum atomic E-state index is -1.52. The van der Waals surface area contributed by atoms with Crippen LogP contribution in [-0.2, 0) is 9.57 Å². The van der Waals surface area contributed by atoms with Crippen LogP contribution in [-0.4, -0.2) is 89.8 Å². The molecule has 6 atom stereocenters. The molecule has 2 aromatic rings. The first-order valence-corrected chi connectivity index (χ1v) is 24.0. The summed E-state index contributed by atoms with van der Waals surface area (Å²) in [6.45, 7) is 9.03. The Hall–Kier alpha value is -4.99. The van der Waals surface area contributed by atoms with Crippen molar-refractivity contribution in [2.75, 3.05) is 40.0 Å². The number of unbranched alkanes of at least 4 members (excludes halogenated alkanes) is 11. The van der Waals surface area contributed by atoms with E-state index in [1.54, 1.807) is 25.3 Å². The van der Waals surface area contributed by atoms with Crippen molar-refractivity contribution in [3.05, 3.63) is 82.4 Å². The molecule has 1 aliphatic heterocycles. The second-order valence-corrected chi connectivity index (χ2v) is 17.4. The molecule has 2 aliphatic carbocycles. The van der Waals surface area contributed by atoms with Crippen LogP contribution in [0.2, 0.25) is 0 Å². The maximum Gasteiger partial charge on any atom is 0.415 e. The lowest BCUT2D eigenvalue weighted by atomic mass is 9.55. The predicted octanol–water partition coefficient (Wildman–Crippen LogP) is 10.4. The number of allylic oxidation sites excluding steroid dienone is 1. The van der Waals surface area contributed by atoms with Crippen LogP contribution in [0.1, 0.15) is 134 Å². The van der Waals surface area contributed by atoms with Gasteiger partial charge >= 0.3 is 12.2 Å². The molecule has 15 nitrogen and oxygen atoms in total. The fourth-order valence-corrected chi connectivity index (χ4v) is 9.82. The first-order valence-electron chi connectivity index (χ1n) is 24.0. The molecule has 0 aromatic heterocycles. The summed E-state index contributed by atoms with van der Waals surface area (Å²) in [5.74, 6) is -1.46. The summed E-state index contributed by atoms with van der Waals surface area (Å²) >= 11 is 0. The highest BCUT2D eigenvalue weighted by Crippen LogP contribution is 2.62. The van der Waals surface area contributed by atoms with Gasteiger partial charge in [0.2, 0.25) is 5.79 Å². The zero-order valence-electron chi connectivity index (χ0n) is 38.8. The highest BCUT2D eigenvalue weighted by Gasteiger charge is 2.65. The van der Waals surface area contributed by atoms with E-state index in [2.05, 4.69) is 30.1 Å². The van der Waals surface area contributed by atoms with E-state index in [-0.39, 0.29) is 55.4 Å². The van der Waals surface area contributed by atoms with Gasteiger partial charge in [0, 0.05) is 56.8 Å². The third-order valence-electron chi connectivity index (χ3n) is 13.0. The number of aliphatic hydroxyl groups is 2. The Morgan fingerprint density at radius 2 is 1.58 bits per heavy atom. The summed E-state index contributed by atoms with van der Waals surface area (Å²) in [6.07, 6.45) is 19.0. The Morgan fingerprint density at radius 3 is 2.23 bits per heavy atom. The third kappa shape index (κ3) is 13.5. The Labute approximate surface area is 384 Å². The van der Waals surface area contributed by atoms with E-state index in [1.165, 1.54) is 74.1 Å². The van der Waals surface area contributed by atoms with Gasteiger partial charge in [-0.25, -0.2) is 9.59 Å². The molecule has 358 valence electrons. The van der Waals surface area contributed by atoms with E-state index >= 15 is 0 Å². The summed E-state index contributed by atoms with van der Waals surface area (Å²) in [5.41, 5.74) is 2.15. The summed E-state index contributed by atoms with van der Waals surface area (Å²) in [7, 11) is 1.60. The minimum Gasteiger partial charge on any atom is -0.459 e. The summed E-state index contributed by atoms with van der Waals surface area (Å²) in [6, 6.07) is 9.79. The van der Waals surface area contributed by atoms with Crippen LogP contribution in [0.5, 0.6) is 17.2 Å². The molecule has 2 aromatic carbocycles. The van der Waals surface area contributed by atoms with Crippen LogP contribution >= 0.6 is 0 Å². The van der Waals surface area contributed by atoms with Crippen molar-refractivity contribution in [2.24, 2.45) is 22.9 Å². The van der Waals surface area contributed by atoms with Gasteiger partial charge in [-0.1, -0.05) is 94.9 Å². The van der Waals surface area contributed by atoms with Gasteiger partial charge in [-0.2, -0.15) is 0 Å². The number of rotatable bonds is 28. The third-order valence-corrected chi connectivity index (χ3v) is 13.0. The molecule has 15 heteroatoms.